The van der Waals surface area contributed by atoms with E-state index >= 15 is 0 Å². The van der Waals surface area contributed by atoms with Crippen LogP contribution in [0.1, 0.15) is 5.56 Å². The molecule has 0 fully saturated rings. The van der Waals surface area contributed by atoms with E-state index < -0.39 is 0 Å². The molecule has 0 unspecified atom stereocenters. The van der Waals surface area contributed by atoms with Crippen molar-refractivity contribution in [3.63, 3.8) is 0 Å². The third-order valence-electron chi connectivity index (χ3n) is 1.90. The summed E-state index contributed by atoms with van der Waals surface area (Å²) in [5.74, 6) is 1.09. The highest BCUT2D eigenvalue weighted by Gasteiger charge is 1.97. The van der Waals surface area contributed by atoms with Crippen LogP contribution in [0.4, 0.5) is 11.6 Å². The van der Waals surface area contributed by atoms with Crippen molar-refractivity contribution in [2.24, 2.45) is 0 Å². The molecule has 0 atom stereocenters. The summed E-state index contributed by atoms with van der Waals surface area (Å²) in [4.78, 5) is 8.15. The minimum absolute atomic E-state index is 0.505. The molecule has 0 saturated carbocycles. The number of nitrogens with zero attached hydrogens (tertiary/aromatic N) is 2. The Morgan fingerprint density at radius 3 is 2.67 bits per heavy atom. The second kappa shape index (κ2) is 4.75. The number of hydrogen-bond donors (Lipinski definition) is 1. The Kier molecular flexibility index (Phi) is 3.15. The molecule has 0 amide bonds. The van der Waals surface area contributed by atoms with E-state index in [9.17, 15) is 0 Å². The number of anilines is 2. The van der Waals surface area contributed by atoms with E-state index in [1.54, 1.807) is 18.5 Å². The van der Waals surface area contributed by atoms with Crippen molar-refractivity contribution >= 4 is 23.2 Å². The third kappa shape index (κ3) is 2.67. The number of benzene rings is 1. The van der Waals surface area contributed by atoms with E-state index in [0.717, 1.165) is 11.3 Å². The Hall–Kier alpha value is -1.61. The molecule has 3 nitrogen and oxygen atoms in total. The van der Waals surface area contributed by atoms with Gasteiger partial charge in [0.25, 0.3) is 0 Å². The van der Waals surface area contributed by atoms with Crippen molar-refractivity contribution in [3.05, 3.63) is 48.3 Å². The first-order valence-corrected chi connectivity index (χ1v) is 5.11. The summed E-state index contributed by atoms with van der Waals surface area (Å²) < 4.78 is 0. The summed E-state index contributed by atoms with van der Waals surface area (Å²) in [6.45, 7) is 0. The molecule has 0 spiro atoms. The molecule has 0 saturated heterocycles. The average molecular weight is 220 g/mol. The predicted molar refractivity (Wildman–Crippen MR) is 61.3 cm³/mol. The summed E-state index contributed by atoms with van der Waals surface area (Å²) in [6, 6.07) is 9.63. The lowest BCUT2D eigenvalue weighted by molar-refractivity contribution is 1.16. The van der Waals surface area contributed by atoms with E-state index in [-0.39, 0.29) is 0 Å². The van der Waals surface area contributed by atoms with Crippen molar-refractivity contribution in [1.82, 2.24) is 9.97 Å². The SMILES string of the molecule is ClCc1cccc(Nc2ncccn2)c1. The van der Waals surface area contributed by atoms with Gasteiger partial charge in [-0.2, -0.15) is 0 Å². The highest BCUT2D eigenvalue weighted by atomic mass is 35.5. The molecule has 0 aliphatic heterocycles. The first-order chi connectivity index (χ1) is 7.38. The van der Waals surface area contributed by atoms with Crippen LogP contribution in [0, 0.1) is 0 Å². The molecule has 2 rings (SSSR count). The molecule has 0 radical (unpaired) electrons. The fraction of sp³-hybridized carbons (Fsp3) is 0.0909. The summed E-state index contributed by atoms with van der Waals surface area (Å²) >= 11 is 5.74. The summed E-state index contributed by atoms with van der Waals surface area (Å²) in [7, 11) is 0. The van der Waals surface area contributed by atoms with Crippen LogP contribution in [0.3, 0.4) is 0 Å². The van der Waals surface area contributed by atoms with E-state index in [1.807, 2.05) is 24.3 Å². The van der Waals surface area contributed by atoms with Crippen LogP contribution in [0.25, 0.3) is 0 Å². The average Bonchev–Trinajstić information content (AvgIpc) is 2.31. The molecule has 0 aliphatic carbocycles. The van der Waals surface area contributed by atoms with Gasteiger partial charge in [-0.3, -0.25) is 0 Å². The highest BCUT2D eigenvalue weighted by Crippen LogP contribution is 2.15. The molecular weight excluding hydrogens is 210 g/mol. The molecule has 1 aromatic heterocycles. The van der Waals surface area contributed by atoms with Gasteiger partial charge in [-0.25, -0.2) is 9.97 Å². The number of nitrogens with one attached hydrogen (secondary N) is 1. The van der Waals surface area contributed by atoms with Gasteiger partial charge in [-0.05, 0) is 23.8 Å². The molecule has 15 heavy (non-hydrogen) atoms. The molecular formula is C11H10ClN3. The number of alkyl halides is 1. The second-order valence-corrected chi connectivity index (χ2v) is 3.30. The van der Waals surface area contributed by atoms with Gasteiger partial charge >= 0.3 is 0 Å². The standard InChI is InChI=1S/C11H10ClN3/c12-8-9-3-1-4-10(7-9)15-11-13-5-2-6-14-11/h1-7H,8H2,(H,13,14,15). The maximum Gasteiger partial charge on any atom is 0.227 e. The molecule has 4 heteroatoms. The summed E-state index contributed by atoms with van der Waals surface area (Å²) in [5, 5.41) is 3.10. The zero-order valence-electron chi connectivity index (χ0n) is 8.02. The largest absolute Gasteiger partial charge is 0.324 e. The first kappa shape index (κ1) is 9.93. The van der Waals surface area contributed by atoms with Crippen molar-refractivity contribution in [1.29, 1.82) is 0 Å². The van der Waals surface area contributed by atoms with Crippen LogP contribution in [-0.4, -0.2) is 9.97 Å². The Balaban J connectivity index is 2.17. The third-order valence-corrected chi connectivity index (χ3v) is 2.21. The van der Waals surface area contributed by atoms with E-state index in [4.69, 9.17) is 11.6 Å². The minimum Gasteiger partial charge on any atom is -0.324 e. The van der Waals surface area contributed by atoms with Gasteiger partial charge < -0.3 is 5.32 Å². The molecule has 0 bridgehead atoms. The molecule has 2 aromatic rings. The van der Waals surface area contributed by atoms with Crippen LogP contribution in [0.15, 0.2) is 42.7 Å². The van der Waals surface area contributed by atoms with Gasteiger partial charge in [0.1, 0.15) is 0 Å². The van der Waals surface area contributed by atoms with Gasteiger partial charge in [0.15, 0.2) is 0 Å². The van der Waals surface area contributed by atoms with E-state index in [0.29, 0.717) is 11.8 Å². The topological polar surface area (TPSA) is 37.8 Å². The van der Waals surface area contributed by atoms with Crippen molar-refractivity contribution < 1.29 is 0 Å². The Morgan fingerprint density at radius 1 is 1.13 bits per heavy atom. The summed E-state index contributed by atoms with van der Waals surface area (Å²) in [6.07, 6.45) is 3.39. The number of rotatable bonds is 3. The molecule has 1 aromatic carbocycles. The Bertz CT molecular complexity index is 431. The van der Waals surface area contributed by atoms with Crippen LogP contribution in [0.2, 0.25) is 0 Å². The highest BCUT2D eigenvalue weighted by molar-refractivity contribution is 6.17. The maximum absolute atomic E-state index is 5.74. The molecule has 1 N–H and O–H groups in total. The van der Waals surface area contributed by atoms with Gasteiger partial charge in [0.2, 0.25) is 5.95 Å². The summed E-state index contributed by atoms with van der Waals surface area (Å²) in [5.41, 5.74) is 2.01. The van der Waals surface area contributed by atoms with Crippen molar-refractivity contribution in [2.45, 2.75) is 5.88 Å². The minimum atomic E-state index is 0.505. The lowest BCUT2D eigenvalue weighted by Crippen LogP contribution is -1.95. The molecule has 1 heterocycles. The quantitative estimate of drug-likeness (QED) is 0.807. The predicted octanol–water partition coefficient (Wildman–Crippen LogP) is 2.96. The zero-order chi connectivity index (χ0) is 10.5. The smallest absolute Gasteiger partial charge is 0.227 e. The first-order valence-electron chi connectivity index (χ1n) is 4.57. The second-order valence-electron chi connectivity index (χ2n) is 3.03. The van der Waals surface area contributed by atoms with Crippen molar-refractivity contribution in [3.8, 4) is 0 Å². The van der Waals surface area contributed by atoms with Crippen LogP contribution < -0.4 is 5.32 Å². The fourth-order valence-electron chi connectivity index (χ4n) is 1.22. The number of hydrogen-bond acceptors (Lipinski definition) is 3. The number of aromatic nitrogens is 2. The number of halogens is 1. The van der Waals surface area contributed by atoms with Crippen LogP contribution in [-0.2, 0) is 5.88 Å². The van der Waals surface area contributed by atoms with Gasteiger partial charge in [0, 0.05) is 24.0 Å². The van der Waals surface area contributed by atoms with E-state index in [1.165, 1.54) is 0 Å². The van der Waals surface area contributed by atoms with Crippen LogP contribution >= 0.6 is 11.6 Å². The Labute approximate surface area is 93.1 Å². The lowest BCUT2D eigenvalue weighted by Gasteiger charge is -2.04. The fourth-order valence-corrected chi connectivity index (χ4v) is 1.39. The van der Waals surface area contributed by atoms with Gasteiger partial charge in [-0.15, -0.1) is 11.6 Å². The maximum atomic E-state index is 5.74. The molecule has 76 valence electrons. The molecule has 0 aliphatic rings. The van der Waals surface area contributed by atoms with Gasteiger partial charge in [-0.1, -0.05) is 12.1 Å². The van der Waals surface area contributed by atoms with Crippen molar-refractivity contribution in [2.75, 3.05) is 5.32 Å². The zero-order valence-corrected chi connectivity index (χ0v) is 8.78. The Morgan fingerprint density at radius 2 is 1.93 bits per heavy atom. The lowest BCUT2D eigenvalue weighted by atomic mass is 10.2. The van der Waals surface area contributed by atoms with Gasteiger partial charge in [0.05, 0.1) is 0 Å². The van der Waals surface area contributed by atoms with Crippen LogP contribution in [0.5, 0.6) is 0 Å². The normalized spacial score (nSPS) is 9.93. The monoisotopic (exact) mass is 219 g/mol. The van der Waals surface area contributed by atoms with E-state index in [2.05, 4.69) is 15.3 Å².